The molecule has 7 heteroatoms. The summed E-state index contributed by atoms with van der Waals surface area (Å²) in [5.74, 6) is -0.514. The van der Waals surface area contributed by atoms with Gasteiger partial charge < -0.3 is 0 Å². The molecule has 1 aromatic heterocycles. The minimum absolute atomic E-state index is 0.0289. The fourth-order valence-electron chi connectivity index (χ4n) is 1.75. The Bertz CT molecular complexity index is 575. The van der Waals surface area contributed by atoms with Crippen LogP contribution in [0.3, 0.4) is 0 Å². The van der Waals surface area contributed by atoms with E-state index >= 15 is 0 Å². The second kappa shape index (κ2) is 5.73. The molecule has 0 saturated heterocycles. The zero-order chi connectivity index (χ0) is 14.8. The van der Waals surface area contributed by atoms with Crippen molar-refractivity contribution in [2.45, 2.75) is 45.8 Å². The molecule has 0 spiro atoms. The molecule has 1 heterocycles. The Morgan fingerprint density at radius 1 is 1.42 bits per heavy atom. The lowest BCUT2D eigenvalue weighted by Gasteiger charge is -2.11. The van der Waals surface area contributed by atoms with Crippen LogP contribution in [0, 0.1) is 13.8 Å². The SMILES string of the molecule is CC[C@H](C)S(=O)(=O)NC(=O)Cc1c(C)nn(C)c1C. The van der Waals surface area contributed by atoms with Crippen LogP contribution in [0.1, 0.15) is 37.2 Å². The molecular weight excluding hydrogens is 266 g/mol. The molecular formula is C12H21N3O3S. The molecule has 1 atom stereocenters. The van der Waals surface area contributed by atoms with Gasteiger partial charge in [-0.2, -0.15) is 5.10 Å². The average Bonchev–Trinajstić information content (AvgIpc) is 2.54. The molecule has 108 valence electrons. The van der Waals surface area contributed by atoms with Gasteiger partial charge in [-0.1, -0.05) is 6.92 Å². The third kappa shape index (κ3) is 3.56. The van der Waals surface area contributed by atoms with E-state index in [4.69, 9.17) is 0 Å². The van der Waals surface area contributed by atoms with Crippen molar-refractivity contribution in [1.82, 2.24) is 14.5 Å². The van der Waals surface area contributed by atoms with Gasteiger partial charge in [0.2, 0.25) is 15.9 Å². The number of carbonyl (C=O) groups is 1. The molecule has 0 saturated carbocycles. The summed E-state index contributed by atoms with van der Waals surface area (Å²) in [5.41, 5.74) is 2.39. The number of hydrogen-bond donors (Lipinski definition) is 1. The van der Waals surface area contributed by atoms with Gasteiger partial charge in [-0.3, -0.25) is 14.2 Å². The van der Waals surface area contributed by atoms with E-state index in [1.54, 1.807) is 32.5 Å². The average molecular weight is 287 g/mol. The number of nitrogens with zero attached hydrogens (tertiary/aromatic N) is 2. The molecule has 19 heavy (non-hydrogen) atoms. The smallest absolute Gasteiger partial charge is 0.237 e. The lowest BCUT2D eigenvalue weighted by atomic mass is 10.1. The Kier molecular flexibility index (Phi) is 4.73. The molecule has 0 bridgehead atoms. The first-order valence-corrected chi connectivity index (χ1v) is 7.77. The third-order valence-corrected chi connectivity index (χ3v) is 5.26. The van der Waals surface area contributed by atoms with Gasteiger partial charge in [0.15, 0.2) is 0 Å². The molecule has 0 aliphatic rings. The van der Waals surface area contributed by atoms with Crippen molar-refractivity contribution in [3.8, 4) is 0 Å². The van der Waals surface area contributed by atoms with E-state index in [0.29, 0.717) is 6.42 Å². The Labute approximate surface area is 114 Å². The Balaban J connectivity index is 2.82. The Morgan fingerprint density at radius 2 is 2.00 bits per heavy atom. The van der Waals surface area contributed by atoms with Crippen LogP contribution in [0.2, 0.25) is 0 Å². The standard InChI is InChI=1S/C12H21N3O3S/c1-6-8(2)19(17,18)14-12(16)7-11-9(3)13-15(5)10(11)4/h8H,6-7H2,1-5H3,(H,14,16)/t8-/m0/s1. The van der Waals surface area contributed by atoms with Crippen molar-refractivity contribution in [3.63, 3.8) is 0 Å². The van der Waals surface area contributed by atoms with E-state index in [1.165, 1.54) is 0 Å². The predicted molar refractivity (Wildman–Crippen MR) is 73.2 cm³/mol. The van der Waals surface area contributed by atoms with E-state index < -0.39 is 21.2 Å². The summed E-state index contributed by atoms with van der Waals surface area (Å²) in [6, 6.07) is 0. The predicted octanol–water partition coefficient (Wildman–Crippen LogP) is 0.824. The van der Waals surface area contributed by atoms with Crippen LogP contribution < -0.4 is 4.72 Å². The number of amides is 1. The molecule has 0 aromatic carbocycles. The minimum Gasteiger partial charge on any atom is -0.274 e. The van der Waals surface area contributed by atoms with Gasteiger partial charge in [0.25, 0.3) is 0 Å². The summed E-state index contributed by atoms with van der Waals surface area (Å²) in [5, 5.41) is 3.62. The summed E-state index contributed by atoms with van der Waals surface area (Å²) in [6.07, 6.45) is 0.495. The monoisotopic (exact) mass is 287 g/mol. The normalized spacial score (nSPS) is 13.3. The van der Waals surface area contributed by atoms with E-state index in [-0.39, 0.29) is 6.42 Å². The fourth-order valence-corrected chi connectivity index (χ4v) is 2.78. The number of sulfonamides is 1. The number of nitrogens with one attached hydrogen (secondary N) is 1. The van der Waals surface area contributed by atoms with E-state index in [9.17, 15) is 13.2 Å². The number of rotatable bonds is 5. The zero-order valence-electron chi connectivity index (χ0n) is 12.0. The Morgan fingerprint density at radius 3 is 2.42 bits per heavy atom. The number of aromatic nitrogens is 2. The number of aryl methyl sites for hydroxylation is 2. The topological polar surface area (TPSA) is 81.1 Å². The lowest BCUT2D eigenvalue weighted by Crippen LogP contribution is -2.37. The number of carbonyl (C=O) groups excluding carboxylic acids is 1. The molecule has 0 aliphatic heterocycles. The molecule has 0 radical (unpaired) electrons. The Hall–Kier alpha value is -1.37. The highest BCUT2D eigenvalue weighted by molar-refractivity contribution is 7.90. The minimum atomic E-state index is -3.58. The summed E-state index contributed by atoms with van der Waals surface area (Å²) in [7, 11) is -1.78. The first kappa shape index (κ1) is 15.7. The second-order valence-corrected chi connectivity index (χ2v) is 6.84. The van der Waals surface area contributed by atoms with Crippen LogP contribution in [-0.4, -0.2) is 29.4 Å². The van der Waals surface area contributed by atoms with E-state index in [2.05, 4.69) is 9.82 Å². The maximum Gasteiger partial charge on any atom is 0.237 e. The van der Waals surface area contributed by atoms with Crippen LogP contribution in [-0.2, 0) is 28.3 Å². The van der Waals surface area contributed by atoms with Crippen LogP contribution in [0.15, 0.2) is 0 Å². The molecule has 0 fully saturated rings. The highest BCUT2D eigenvalue weighted by atomic mass is 32.2. The summed E-state index contributed by atoms with van der Waals surface area (Å²) in [6.45, 7) is 7.00. The lowest BCUT2D eigenvalue weighted by molar-refractivity contribution is -0.118. The largest absolute Gasteiger partial charge is 0.274 e. The maximum atomic E-state index is 11.8. The first-order chi connectivity index (χ1) is 8.69. The highest BCUT2D eigenvalue weighted by Crippen LogP contribution is 2.13. The second-order valence-electron chi connectivity index (χ2n) is 4.74. The van der Waals surface area contributed by atoms with Gasteiger partial charge in [0.05, 0.1) is 17.4 Å². The maximum absolute atomic E-state index is 11.8. The van der Waals surface area contributed by atoms with Gasteiger partial charge in [-0.25, -0.2) is 8.42 Å². The van der Waals surface area contributed by atoms with Crippen molar-refractivity contribution in [2.24, 2.45) is 7.05 Å². The molecule has 1 amide bonds. The molecule has 0 aliphatic carbocycles. The zero-order valence-corrected chi connectivity index (χ0v) is 12.8. The van der Waals surface area contributed by atoms with Gasteiger partial charge in [0, 0.05) is 18.3 Å². The van der Waals surface area contributed by atoms with Gasteiger partial charge in [-0.15, -0.1) is 0 Å². The van der Waals surface area contributed by atoms with Crippen molar-refractivity contribution in [2.75, 3.05) is 0 Å². The molecule has 1 aromatic rings. The van der Waals surface area contributed by atoms with Crippen molar-refractivity contribution >= 4 is 15.9 Å². The van der Waals surface area contributed by atoms with Gasteiger partial charge >= 0.3 is 0 Å². The first-order valence-electron chi connectivity index (χ1n) is 6.22. The van der Waals surface area contributed by atoms with Crippen molar-refractivity contribution in [3.05, 3.63) is 17.0 Å². The van der Waals surface area contributed by atoms with E-state index in [0.717, 1.165) is 17.0 Å². The summed E-state index contributed by atoms with van der Waals surface area (Å²) in [4.78, 5) is 11.8. The quantitative estimate of drug-likeness (QED) is 0.869. The third-order valence-electron chi connectivity index (χ3n) is 3.36. The van der Waals surface area contributed by atoms with E-state index in [1.807, 2.05) is 6.92 Å². The van der Waals surface area contributed by atoms with Crippen LogP contribution >= 0.6 is 0 Å². The molecule has 1 N–H and O–H groups in total. The summed E-state index contributed by atoms with van der Waals surface area (Å²) >= 11 is 0. The molecule has 6 nitrogen and oxygen atoms in total. The van der Waals surface area contributed by atoms with Gasteiger partial charge in [-0.05, 0) is 27.2 Å². The van der Waals surface area contributed by atoms with Crippen LogP contribution in [0.25, 0.3) is 0 Å². The molecule has 0 unspecified atom stereocenters. The van der Waals surface area contributed by atoms with Crippen LogP contribution in [0.5, 0.6) is 0 Å². The molecule has 1 rings (SSSR count). The summed E-state index contributed by atoms with van der Waals surface area (Å²) < 4.78 is 27.4. The highest BCUT2D eigenvalue weighted by Gasteiger charge is 2.22. The number of hydrogen-bond acceptors (Lipinski definition) is 4. The van der Waals surface area contributed by atoms with Crippen LogP contribution in [0.4, 0.5) is 0 Å². The fraction of sp³-hybridized carbons (Fsp3) is 0.667. The van der Waals surface area contributed by atoms with Crippen molar-refractivity contribution < 1.29 is 13.2 Å². The van der Waals surface area contributed by atoms with Gasteiger partial charge in [0.1, 0.15) is 0 Å². The van der Waals surface area contributed by atoms with Crippen molar-refractivity contribution in [1.29, 1.82) is 0 Å².